The van der Waals surface area contributed by atoms with Gasteiger partial charge in [-0.05, 0) is 29.0 Å². The molecule has 0 aliphatic rings. The molecule has 2 rings (SSSR count). The summed E-state index contributed by atoms with van der Waals surface area (Å²) >= 11 is 0. The predicted molar refractivity (Wildman–Crippen MR) is 84.4 cm³/mol. The molecule has 2 aromatic rings. The summed E-state index contributed by atoms with van der Waals surface area (Å²) in [5.41, 5.74) is 4.08. The number of aryl methyl sites for hydroxylation is 1. The van der Waals surface area contributed by atoms with Crippen LogP contribution in [0.25, 0.3) is 0 Å². The highest BCUT2D eigenvalue weighted by molar-refractivity contribution is 6.09. The van der Waals surface area contributed by atoms with Crippen molar-refractivity contribution in [1.29, 1.82) is 0 Å². The normalized spacial score (nSPS) is 11.4. The first kappa shape index (κ1) is 14.5. The van der Waals surface area contributed by atoms with Gasteiger partial charge < -0.3 is 0 Å². The predicted octanol–water partition coefficient (Wildman–Crippen LogP) is 4.78. The number of ketones is 1. The molecule has 0 aliphatic heterocycles. The molecule has 0 bridgehead atoms. The second-order valence-corrected chi connectivity index (χ2v) is 6.21. The van der Waals surface area contributed by atoms with Crippen molar-refractivity contribution in [3.8, 4) is 0 Å². The Labute approximate surface area is 121 Å². The lowest BCUT2D eigenvalue weighted by atomic mass is 9.86. The minimum atomic E-state index is 0.0979. The first-order valence-corrected chi connectivity index (χ1v) is 7.16. The second-order valence-electron chi connectivity index (χ2n) is 6.21. The molecule has 1 heteroatoms. The molecule has 2 aromatic carbocycles. The number of carbonyl (C=O) groups excluding carboxylic acids is 1. The first-order chi connectivity index (χ1) is 9.41. The maximum atomic E-state index is 12.5. The number of rotatable bonds is 3. The fraction of sp³-hybridized carbons (Fsp3) is 0.316. The minimum absolute atomic E-state index is 0.0979. The largest absolute Gasteiger partial charge is 0.289 e. The lowest BCUT2D eigenvalue weighted by Gasteiger charge is -2.19. The van der Waals surface area contributed by atoms with Crippen LogP contribution in [0.15, 0.2) is 48.5 Å². The van der Waals surface area contributed by atoms with Crippen LogP contribution in [0.1, 0.15) is 54.7 Å². The SMILES string of the molecule is CCc1cccc(C(=O)c2ccc(C(C)(C)C)cc2)c1. The summed E-state index contributed by atoms with van der Waals surface area (Å²) in [5, 5.41) is 0. The molecular weight excluding hydrogens is 244 g/mol. The van der Waals surface area contributed by atoms with Crippen molar-refractivity contribution in [1.82, 2.24) is 0 Å². The highest BCUT2D eigenvalue weighted by atomic mass is 16.1. The van der Waals surface area contributed by atoms with E-state index in [-0.39, 0.29) is 11.2 Å². The maximum Gasteiger partial charge on any atom is 0.193 e. The van der Waals surface area contributed by atoms with Gasteiger partial charge in [0.05, 0.1) is 0 Å². The van der Waals surface area contributed by atoms with Crippen molar-refractivity contribution in [3.05, 3.63) is 70.8 Å². The van der Waals surface area contributed by atoms with Crippen molar-refractivity contribution in [2.75, 3.05) is 0 Å². The summed E-state index contributed by atoms with van der Waals surface area (Å²) in [6.07, 6.45) is 0.948. The summed E-state index contributed by atoms with van der Waals surface area (Å²) in [4.78, 5) is 12.5. The molecule has 104 valence electrons. The van der Waals surface area contributed by atoms with Gasteiger partial charge >= 0.3 is 0 Å². The monoisotopic (exact) mass is 266 g/mol. The van der Waals surface area contributed by atoms with Crippen LogP contribution in [-0.2, 0) is 11.8 Å². The van der Waals surface area contributed by atoms with Gasteiger partial charge in [-0.3, -0.25) is 4.79 Å². The van der Waals surface area contributed by atoms with Crippen LogP contribution >= 0.6 is 0 Å². The Morgan fingerprint density at radius 3 is 2.15 bits per heavy atom. The fourth-order valence-electron chi connectivity index (χ4n) is 2.22. The molecule has 0 unspecified atom stereocenters. The highest BCUT2D eigenvalue weighted by Crippen LogP contribution is 2.23. The molecular formula is C19H22O. The van der Waals surface area contributed by atoms with Crippen LogP contribution in [0.3, 0.4) is 0 Å². The van der Waals surface area contributed by atoms with E-state index in [0.29, 0.717) is 0 Å². The van der Waals surface area contributed by atoms with E-state index in [0.717, 1.165) is 17.5 Å². The molecule has 0 N–H and O–H groups in total. The first-order valence-electron chi connectivity index (χ1n) is 7.16. The zero-order valence-electron chi connectivity index (χ0n) is 12.7. The van der Waals surface area contributed by atoms with E-state index < -0.39 is 0 Å². The smallest absolute Gasteiger partial charge is 0.193 e. The molecule has 0 fully saturated rings. The van der Waals surface area contributed by atoms with Crippen molar-refractivity contribution >= 4 is 5.78 Å². The van der Waals surface area contributed by atoms with E-state index in [2.05, 4.69) is 45.9 Å². The van der Waals surface area contributed by atoms with Gasteiger partial charge in [0.15, 0.2) is 5.78 Å². The zero-order chi connectivity index (χ0) is 14.8. The summed E-state index contributed by atoms with van der Waals surface area (Å²) in [6.45, 7) is 8.62. The Hall–Kier alpha value is -1.89. The average Bonchev–Trinajstić information content (AvgIpc) is 2.46. The number of hydrogen-bond acceptors (Lipinski definition) is 1. The quantitative estimate of drug-likeness (QED) is 0.731. The molecule has 20 heavy (non-hydrogen) atoms. The van der Waals surface area contributed by atoms with Gasteiger partial charge in [-0.25, -0.2) is 0 Å². The van der Waals surface area contributed by atoms with E-state index in [1.165, 1.54) is 11.1 Å². The lowest BCUT2D eigenvalue weighted by Crippen LogP contribution is -2.11. The van der Waals surface area contributed by atoms with Crippen LogP contribution in [-0.4, -0.2) is 5.78 Å². The Kier molecular flexibility index (Phi) is 4.08. The summed E-state index contributed by atoms with van der Waals surface area (Å²) < 4.78 is 0. The number of hydrogen-bond donors (Lipinski definition) is 0. The summed E-state index contributed by atoms with van der Waals surface area (Å²) in [7, 11) is 0. The van der Waals surface area contributed by atoms with E-state index >= 15 is 0 Å². The van der Waals surface area contributed by atoms with Crippen LogP contribution < -0.4 is 0 Å². The van der Waals surface area contributed by atoms with Crippen molar-refractivity contribution < 1.29 is 4.79 Å². The van der Waals surface area contributed by atoms with E-state index in [1.807, 2.05) is 30.3 Å². The van der Waals surface area contributed by atoms with Gasteiger partial charge in [0, 0.05) is 11.1 Å². The van der Waals surface area contributed by atoms with Crippen molar-refractivity contribution in [3.63, 3.8) is 0 Å². The molecule has 0 amide bonds. The van der Waals surface area contributed by atoms with Crippen LogP contribution in [0, 0.1) is 0 Å². The van der Waals surface area contributed by atoms with Gasteiger partial charge in [-0.1, -0.05) is 70.2 Å². The van der Waals surface area contributed by atoms with Crippen LogP contribution in [0.4, 0.5) is 0 Å². The molecule has 0 heterocycles. The van der Waals surface area contributed by atoms with E-state index in [1.54, 1.807) is 0 Å². The third kappa shape index (κ3) is 3.16. The van der Waals surface area contributed by atoms with Crippen LogP contribution in [0.2, 0.25) is 0 Å². The van der Waals surface area contributed by atoms with Gasteiger partial charge in [-0.2, -0.15) is 0 Å². The van der Waals surface area contributed by atoms with E-state index in [9.17, 15) is 4.79 Å². The minimum Gasteiger partial charge on any atom is -0.289 e. The standard InChI is InChI=1S/C19H22O/c1-5-14-7-6-8-16(13-14)18(20)15-9-11-17(12-10-15)19(2,3)4/h6-13H,5H2,1-4H3. The Bertz CT molecular complexity index is 600. The molecule has 0 spiro atoms. The van der Waals surface area contributed by atoms with Gasteiger partial charge in [-0.15, -0.1) is 0 Å². The third-order valence-electron chi connectivity index (χ3n) is 3.61. The fourth-order valence-corrected chi connectivity index (χ4v) is 2.22. The number of carbonyl (C=O) groups is 1. The maximum absolute atomic E-state index is 12.5. The molecule has 0 atom stereocenters. The molecule has 0 saturated carbocycles. The Morgan fingerprint density at radius 1 is 0.950 bits per heavy atom. The second kappa shape index (κ2) is 5.62. The molecule has 0 radical (unpaired) electrons. The van der Waals surface area contributed by atoms with Crippen LogP contribution in [0.5, 0.6) is 0 Å². The third-order valence-corrected chi connectivity index (χ3v) is 3.61. The molecule has 0 aliphatic carbocycles. The van der Waals surface area contributed by atoms with Crippen molar-refractivity contribution in [2.45, 2.75) is 39.5 Å². The van der Waals surface area contributed by atoms with Gasteiger partial charge in [0.25, 0.3) is 0 Å². The summed E-state index contributed by atoms with van der Waals surface area (Å²) in [6, 6.07) is 15.9. The molecule has 1 nitrogen and oxygen atoms in total. The van der Waals surface area contributed by atoms with Gasteiger partial charge in [0.1, 0.15) is 0 Å². The lowest BCUT2D eigenvalue weighted by molar-refractivity contribution is 0.103. The van der Waals surface area contributed by atoms with Crippen molar-refractivity contribution in [2.24, 2.45) is 0 Å². The molecule has 0 saturated heterocycles. The van der Waals surface area contributed by atoms with E-state index in [4.69, 9.17) is 0 Å². The topological polar surface area (TPSA) is 17.1 Å². The Morgan fingerprint density at radius 2 is 1.60 bits per heavy atom. The number of benzene rings is 2. The van der Waals surface area contributed by atoms with Gasteiger partial charge in [0.2, 0.25) is 0 Å². The summed E-state index contributed by atoms with van der Waals surface area (Å²) in [5.74, 6) is 0.0979. The molecule has 0 aromatic heterocycles. The Balaban J connectivity index is 2.29. The average molecular weight is 266 g/mol. The zero-order valence-corrected chi connectivity index (χ0v) is 12.7. The highest BCUT2D eigenvalue weighted by Gasteiger charge is 2.15.